The molecule has 0 fully saturated rings. The smallest absolute Gasteiger partial charge is 0.328 e. The largest absolute Gasteiger partial charge is 0.467 e. The SMILES string of the molecule is COC(=O)C(C)NC(=O)c1nn(C)c2c1CNCC2. The molecule has 1 unspecified atom stereocenters. The van der Waals surface area contributed by atoms with E-state index in [4.69, 9.17) is 0 Å². The number of nitrogens with zero attached hydrogens (tertiary/aromatic N) is 2. The Labute approximate surface area is 111 Å². The molecule has 19 heavy (non-hydrogen) atoms. The molecule has 0 saturated carbocycles. The van der Waals surface area contributed by atoms with Gasteiger partial charge in [-0.1, -0.05) is 0 Å². The van der Waals surface area contributed by atoms with E-state index >= 15 is 0 Å². The molecule has 0 radical (unpaired) electrons. The van der Waals surface area contributed by atoms with Crippen LogP contribution in [0.4, 0.5) is 0 Å². The molecule has 1 atom stereocenters. The van der Waals surface area contributed by atoms with Crippen molar-refractivity contribution in [3.63, 3.8) is 0 Å². The number of esters is 1. The number of carbonyl (C=O) groups is 2. The number of aryl methyl sites for hydroxylation is 1. The molecular weight excluding hydrogens is 248 g/mol. The Bertz CT molecular complexity index is 509. The second kappa shape index (κ2) is 5.40. The van der Waals surface area contributed by atoms with Gasteiger partial charge in [-0.2, -0.15) is 5.10 Å². The van der Waals surface area contributed by atoms with Crippen LogP contribution in [0.3, 0.4) is 0 Å². The number of amides is 1. The summed E-state index contributed by atoms with van der Waals surface area (Å²) < 4.78 is 6.31. The molecule has 1 amide bonds. The molecule has 0 bridgehead atoms. The van der Waals surface area contributed by atoms with Crippen molar-refractivity contribution in [1.82, 2.24) is 20.4 Å². The molecule has 1 aromatic rings. The maximum Gasteiger partial charge on any atom is 0.328 e. The van der Waals surface area contributed by atoms with E-state index in [0.717, 1.165) is 24.2 Å². The summed E-state index contributed by atoms with van der Waals surface area (Å²) in [5.74, 6) is -0.824. The predicted molar refractivity (Wildman–Crippen MR) is 67.6 cm³/mol. The average Bonchev–Trinajstić information content (AvgIpc) is 2.76. The lowest BCUT2D eigenvalue weighted by molar-refractivity contribution is -0.142. The van der Waals surface area contributed by atoms with E-state index in [1.165, 1.54) is 7.11 Å². The topological polar surface area (TPSA) is 85.2 Å². The molecule has 7 nitrogen and oxygen atoms in total. The van der Waals surface area contributed by atoms with Gasteiger partial charge in [-0.25, -0.2) is 4.79 Å². The van der Waals surface area contributed by atoms with Gasteiger partial charge in [0.25, 0.3) is 5.91 Å². The number of hydrogen-bond acceptors (Lipinski definition) is 5. The van der Waals surface area contributed by atoms with E-state index < -0.39 is 12.0 Å². The number of ether oxygens (including phenoxy) is 1. The Morgan fingerprint density at radius 3 is 2.95 bits per heavy atom. The second-order valence-corrected chi connectivity index (χ2v) is 4.54. The molecule has 2 rings (SSSR count). The fourth-order valence-corrected chi connectivity index (χ4v) is 2.20. The van der Waals surface area contributed by atoms with Crippen LogP contribution >= 0.6 is 0 Å². The average molecular weight is 266 g/mol. The Balaban J connectivity index is 2.18. The molecule has 2 N–H and O–H groups in total. The molecule has 0 aliphatic carbocycles. The minimum absolute atomic E-state index is 0.349. The van der Waals surface area contributed by atoms with Crippen LogP contribution in [-0.4, -0.2) is 41.4 Å². The van der Waals surface area contributed by atoms with Gasteiger partial charge in [-0.15, -0.1) is 0 Å². The minimum atomic E-state index is -0.688. The van der Waals surface area contributed by atoms with Gasteiger partial charge in [0.2, 0.25) is 0 Å². The number of aromatic nitrogens is 2. The van der Waals surface area contributed by atoms with E-state index in [2.05, 4.69) is 20.5 Å². The van der Waals surface area contributed by atoms with E-state index in [1.54, 1.807) is 11.6 Å². The van der Waals surface area contributed by atoms with Crippen molar-refractivity contribution in [3.05, 3.63) is 17.0 Å². The lowest BCUT2D eigenvalue weighted by Crippen LogP contribution is -2.40. The van der Waals surface area contributed by atoms with Crippen molar-refractivity contribution in [3.8, 4) is 0 Å². The summed E-state index contributed by atoms with van der Waals surface area (Å²) in [5, 5.41) is 10.0. The van der Waals surface area contributed by atoms with Crippen LogP contribution in [0.1, 0.15) is 28.7 Å². The van der Waals surface area contributed by atoms with Crippen LogP contribution in [0.5, 0.6) is 0 Å². The highest BCUT2D eigenvalue weighted by atomic mass is 16.5. The number of methoxy groups -OCH3 is 1. The van der Waals surface area contributed by atoms with Crippen LogP contribution in [0.15, 0.2) is 0 Å². The molecule has 2 heterocycles. The normalized spacial score (nSPS) is 15.5. The third-order valence-corrected chi connectivity index (χ3v) is 3.23. The zero-order chi connectivity index (χ0) is 14.0. The highest BCUT2D eigenvalue weighted by Crippen LogP contribution is 2.17. The number of hydrogen-bond donors (Lipinski definition) is 2. The Kier molecular flexibility index (Phi) is 3.84. The number of carbonyl (C=O) groups excluding carboxylic acids is 2. The number of rotatable bonds is 3. The maximum absolute atomic E-state index is 12.1. The van der Waals surface area contributed by atoms with Crippen molar-refractivity contribution < 1.29 is 14.3 Å². The summed E-state index contributed by atoms with van der Waals surface area (Å²) in [6, 6.07) is -0.688. The highest BCUT2D eigenvalue weighted by molar-refractivity contribution is 5.96. The molecule has 1 aliphatic heterocycles. The van der Waals surface area contributed by atoms with Crippen LogP contribution in [0.2, 0.25) is 0 Å². The van der Waals surface area contributed by atoms with Crippen molar-refractivity contribution >= 4 is 11.9 Å². The van der Waals surface area contributed by atoms with Crippen molar-refractivity contribution in [2.75, 3.05) is 13.7 Å². The van der Waals surface area contributed by atoms with E-state index in [-0.39, 0.29) is 5.91 Å². The van der Waals surface area contributed by atoms with Gasteiger partial charge in [0, 0.05) is 37.8 Å². The molecule has 1 aromatic heterocycles. The summed E-state index contributed by atoms with van der Waals surface area (Å²) in [7, 11) is 3.11. The first-order valence-corrected chi connectivity index (χ1v) is 6.18. The first-order chi connectivity index (χ1) is 9.04. The van der Waals surface area contributed by atoms with Gasteiger partial charge < -0.3 is 15.4 Å². The first kappa shape index (κ1) is 13.5. The Morgan fingerprint density at radius 1 is 1.53 bits per heavy atom. The van der Waals surface area contributed by atoms with Gasteiger partial charge in [-0.3, -0.25) is 9.48 Å². The van der Waals surface area contributed by atoms with E-state index in [0.29, 0.717) is 12.2 Å². The zero-order valence-electron chi connectivity index (χ0n) is 11.3. The predicted octanol–water partition coefficient (Wildman–Crippen LogP) is -0.643. The molecule has 7 heteroatoms. The van der Waals surface area contributed by atoms with E-state index in [9.17, 15) is 9.59 Å². The second-order valence-electron chi connectivity index (χ2n) is 4.54. The molecule has 0 spiro atoms. The monoisotopic (exact) mass is 266 g/mol. The van der Waals surface area contributed by atoms with E-state index in [1.807, 2.05) is 7.05 Å². The first-order valence-electron chi connectivity index (χ1n) is 6.18. The highest BCUT2D eigenvalue weighted by Gasteiger charge is 2.25. The zero-order valence-corrected chi connectivity index (χ0v) is 11.3. The van der Waals surface area contributed by atoms with Crippen LogP contribution in [-0.2, 0) is 29.5 Å². The molecule has 104 valence electrons. The summed E-state index contributed by atoms with van der Waals surface area (Å²) in [6.07, 6.45) is 0.846. The fourth-order valence-electron chi connectivity index (χ4n) is 2.20. The fraction of sp³-hybridized carbons (Fsp3) is 0.583. The number of nitrogens with one attached hydrogen (secondary N) is 2. The van der Waals surface area contributed by atoms with Crippen molar-refractivity contribution in [2.24, 2.45) is 7.05 Å². The quantitative estimate of drug-likeness (QED) is 0.711. The summed E-state index contributed by atoms with van der Waals surface area (Å²) in [5.41, 5.74) is 2.35. The third-order valence-electron chi connectivity index (χ3n) is 3.23. The van der Waals surface area contributed by atoms with Crippen LogP contribution < -0.4 is 10.6 Å². The molecular formula is C12H18N4O3. The lowest BCUT2D eigenvalue weighted by Gasteiger charge is -2.15. The third kappa shape index (κ3) is 2.60. The van der Waals surface area contributed by atoms with Crippen molar-refractivity contribution in [1.29, 1.82) is 0 Å². The van der Waals surface area contributed by atoms with Gasteiger partial charge in [0.05, 0.1) is 7.11 Å². The van der Waals surface area contributed by atoms with Crippen LogP contribution in [0, 0.1) is 0 Å². The van der Waals surface area contributed by atoms with Gasteiger partial charge >= 0.3 is 5.97 Å². The van der Waals surface area contributed by atoms with Gasteiger partial charge in [0.1, 0.15) is 6.04 Å². The van der Waals surface area contributed by atoms with Crippen LogP contribution in [0.25, 0.3) is 0 Å². The Morgan fingerprint density at radius 2 is 2.26 bits per heavy atom. The van der Waals surface area contributed by atoms with Gasteiger partial charge in [-0.05, 0) is 6.92 Å². The number of fused-ring (bicyclic) bond motifs is 1. The Hall–Kier alpha value is -1.89. The van der Waals surface area contributed by atoms with Crippen molar-refractivity contribution in [2.45, 2.75) is 25.9 Å². The molecule has 0 aromatic carbocycles. The standard InChI is InChI=1S/C12H18N4O3/c1-7(12(18)19-3)14-11(17)10-8-6-13-5-4-9(8)16(2)15-10/h7,13H,4-6H2,1-3H3,(H,14,17). The summed E-state index contributed by atoms with van der Waals surface area (Å²) >= 11 is 0. The minimum Gasteiger partial charge on any atom is -0.467 e. The summed E-state index contributed by atoms with van der Waals surface area (Å²) in [4.78, 5) is 23.4. The molecule has 1 aliphatic rings. The summed E-state index contributed by atoms with van der Waals surface area (Å²) in [6.45, 7) is 3.09. The lowest BCUT2D eigenvalue weighted by atomic mass is 10.1. The maximum atomic E-state index is 12.1. The molecule has 0 saturated heterocycles. The van der Waals surface area contributed by atoms with Gasteiger partial charge in [0.15, 0.2) is 5.69 Å².